The van der Waals surface area contributed by atoms with Gasteiger partial charge in [-0.1, -0.05) is 11.6 Å². The van der Waals surface area contributed by atoms with E-state index in [9.17, 15) is 9.90 Å². The van der Waals surface area contributed by atoms with Crippen LogP contribution in [0.5, 0.6) is 11.5 Å². The van der Waals surface area contributed by atoms with Gasteiger partial charge in [0, 0.05) is 10.4 Å². The van der Waals surface area contributed by atoms with Gasteiger partial charge in [-0.15, -0.1) is 0 Å². The monoisotopic (exact) mass is 344 g/mol. The summed E-state index contributed by atoms with van der Waals surface area (Å²) in [6.07, 6.45) is 1.43. The van der Waals surface area contributed by atoms with E-state index in [1.807, 2.05) is 0 Å². The number of hydrazone groups is 1. The smallest absolute Gasteiger partial charge is 0.307 e. The maximum Gasteiger partial charge on any atom is 0.307 e. The number of methoxy groups -OCH3 is 1. The number of nitrogens with zero attached hydrogens (tertiary/aromatic N) is 1. The molecule has 122 valence electrons. The van der Waals surface area contributed by atoms with Crippen LogP contribution in [0.4, 0.5) is 0 Å². The molecule has 0 saturated carbocycles. The number of benzene rings is 2. The van der Waals surface area contributed by atoms with Crippen LogP contribution in [-0.4, -0.2) is 24.3 Å². The molecular formula is C17H13ClN2O4. The van der Waals surface area contributed by atoms with Gasteiger partial charge in [0.1, 0.15) is 5.58 Å². The number of fused-ring (bicyclic) bond motifs is 1. The molecule has 24 heavy (non-hydrogen) atoms. The number of hydrogen-bond acceptors (Lipinski definition) is 5. The second kappa shape index (κ2) is 6.64. The number of carbonyl (C=O) groups excluding carboxylic acids is 1. The predicted molar refractivity (Wildman–Crippen MR) is 90.9 cm³/mol. The molecule has 0 bridgehead atoms. The first-order valence-electron chi connectivity index (χ1n) is 6.96. The second-order valence-electron chi connectivity index (χ2n) is 4.92. The summed E-state index contributed by atoms with van der Waals surface area (Å²) in [4.78, 5) is 12.1. The number of hydrogen-bond donors (Lipinski definition) is 2. The van der Waals surface area contributed by atoms with Crippen molar-refractivity contribution < 1.29 is 19.1 Å². The van der Waals surface area contributed by atoms with Crippen molar-refractivity contribution in [3.8, 4) is 11.5 Å². The lowest BCUT2D eigenvalue weighted by Crippen LogP contribution is -2.16. The van der Waals surface area contributed by atoms with Gasteiger partial charge in [-0.25, -0.2) is 5.43 Å². The molecule has 0 aliphatic heterocycles. The zero-order valence-electron chi connectivity index (χ0n) is 12.6. The van der Waals surface area contributed by atoms with E-state index in [1.165, 1.54) is 19.4 Å². The number of aromatic hydroxyl groups is 1. The molecule has 3 aromatic rings. The molecule has 3 rings (SSSR count). The number of halogens is 1. The number of phenols is 1. The van der Waals surface area contributed by atoms with Crippen molar-refractivity contribution in [3.05, 3.63) is 58.8 Å². The van der Waals surface area contributed by atoms with Gasteiger partial charge in [0.25, 0.3) is 0 Å². The van der Waals surface area contributed by atoms with Crippen molar-refractivity contribution in [2.24, 2.45) is 5.10 Å². The third-order valence-corrected chi connectivity index (χ3v) is 3.52. The lowest BCUT2D eigenvalue weighted by atomic mass is 10.2. The molecule has 0 unspecified atom stereocenters. The molecule has 0 spiro atoms. The minimum absolute atomic E-state index is 0.0274. The minimum atomic E-state index is -0.482. The van der Waals surface area contributed by atoms with Crippen molar-refractivity contribution in [3.63, 3.8) is 0 Å². The molecule has 0 aliphatic carbocycles. The number of rotatable bonds is 4. The first-order chi connectivity index (χ1) is 11.6. The van der Waals surface area contributed by atoms with Crippen LogP contribution in [0.1, 0.15) is 16.1 Å². The Morgan fingerprint density at radius 3 is 2.92 bits per heavy atom. The van der Waals surface area contributed by atoms with E-state index in [0.29, 0.717) is 21.9 Å². The highest BCUT2D eigenvalue weighted by Gasteiger charge is 2.11. The van der Waals surface area contributed by atoms with Gasteiger partial charge >= 0.3 is 5.91 Å². The Kier molecular flexibility index (Phi) is 4.39. The van der Waals surface area contributed by atoms with Crippen LogP contribution in [0.25, 0.3) is 11.0 Å². The average molecular weight is 345 g/mol. The van der Waals surface area contributed by atoms with Gasteiger partial charge in [-0.05, 0) is 48.0 Å². The van der Waals surface area contributed by atoms with Crippen molar-refractivity contribution >= 4 is 34.7 Å². The number of carbonyl (C=O) groups is 1. The van der Waals surface area contributed by atoms with Crippen LogP contribution in [0.15, 0.2) is 52.0 Å². The van der Waals surface area contributed by atoms with E-state index < -0.39 is 5.91 Å². The standard InChI is InChI=1S/C17H13ClN2O4/c1-23-15-6-10(2-4-13(15)21)9-19-20-17(22)16-8-11-7-12(18)3-5-14(11)24-16/h2-9,21H,1H3,(H,20,22)/b19-9+. The van der Waals surface area contributed by atoms with E-state index in [2.05, 4.69) is 10.5 Å². The van der Waals surface area contributed by atoms with Gasteiger partial charge in [0.05, 0.1) is 13.3 Å². The quantitative estimate of drug-likeness (QED) is 0.560. The largest absolute Gasteiger partial charge is 0.504 e. The molecule has 0 fully saturated rings. The highest BCUT2D eigenvalue weighted by molar-refractivity contribution is 6.31. The maximum atomic E-state index is 12.1. The molecule has 6 nitrogen and oxygen atoms in total. The highest BCUT2D eigenvalue weighted by atomic mass is 35.5. The Labute approximate surface area is 142 Å². The molecule has 0 radical (unpaired) electrons. The Bertz CT molecular complexity index is 933. The average Bonchev–Trinajstić information content (AvgIpc) is 2.99. The van der Waals surface area contributed by atoms with Crippen LogP contribution in [0.2, 0.25) is 5.02 Å². The normalized spacial score (nSPS) is 11.1. The fourth-order valence-corrected chi connectivity index (χ4v) is 2.30. The fourth-order valence-electron chi connectivity index (χ4n) is 2.12. The number of ether oxygens (including phenoxy) is 1. The van der Waals surface area contributed by atoms with E-state index in [0.717, 1.165) is 5.39 Å². The van der Waals surface area contributed by atoms with Crippen molar-refractivity contribution in [1.82, 2.24) is 5.43 Å². The summed E-state index contributed by atoms with van der Waals surface area (Å²) >= 11 is 5.90. The summed E-state index contributed by atoms with van der Waals surface area (Å²) < 4.78 is 10.4. The van der Waals surface area contributed by atoms with Crippen molar-refractivity contribution in [2.75, 3.05) is 7.11 Å². The first-order valence-corrected chi connectivity index (χ1v) is 7.34. The van der Waals surface area contributed by atoms with E-state index in [-0.39, 0.29) is 11.5 Å². The predicted octanol–water partition coefficient (Wildman–Crippen LogP) is 3.56. The van der Waals surface area contributed by atoms with Crippen LogP contribution >= 0.6 is 11.6 Å². The van der Waals surface area contributed by atoms with Crippen molar-refractivity contribution in [1.29, 1.82) is 0 Å². The number of amides is 1. The summed E-state index contributed by atoms with van der Waals surface area (Å²) in [5, 5.41) is 14.7. The Balaban J connectivity index is 1.72. The fraction of sp³-hybridized carbons (Fsp3) is 0.0588. The molecule has 2 N–H and O–H groups in total. The van der Waals surface area contributed by atoms with E-state index in [4.69, 9.17) is 20.8 Å². The van der Waals surface area contributed by atoms with Gasteiger partial charge in [-0.3, -0.25) is 4.79 Å². The lowest BCUT2D eigenvalue weighted by molar-refractivity contribution is 0.0929. The maximum absolute atomic E-state index is 12.1. The second-order valence-corrected chi connectivity index (χ2v) is 5.36. The van der Waals surface area contributed by atoms with Crippen LogP contribution < -0.4 is 10.2 Å². The number of phenolic OH excluding ortho intramolecular Hbond substituents is 1. The minimum Gasteiger partial charge on any atom is -0.504 e. The molecule has 0 saturated heterocycles. The summed E-state index contributed by atoms with van der Waals surface area (Å²) in [5.74, 6) is -0.00363. The van der Waals surface area contributed by atoms with Gasteiger partial charge in [0.15, 0.2) is 17.3 Å². The molecule has 2 aromatic carbocycles. The first kappa shape index (κ1) is 15.9. The van der Waals surface area contributed by atoms with Gasteiger partial charge < -0.3 is 14.3 Å². The Morgan fingerprint density at radius 1 is 1.29 bits per heavy atom. The van der Waals surface area contributed by atoms with Crippen LogP contribution in [0, 0.1) is 0 Å². The Morgan fingerprint density at radius 2 is 2.12 bits per heavy atom. The number of nitrogens with one attached hydrogen (secondary N) is 1. The molecule has 1 heterocycles. The molecule has 1 aromatic heterocycles. The zero-order valence-corrected chi connectivity index (χ0v) is 13.4. The molecule has 0 aliphatic rings. The third kappa shape index (κ3) is 3.33. The summed E-state index contributed by atoms with van der Waals surface area (Å²) in [6.45, 7) is 0. The van der Waals surface area contributed by atoms with E-state index in [1.54, 1.807) is 36.4 Å². The van der Waals surface area contributed by atoms with Gasteiger partial charge in [-0.2, -0.15) is 5.10 Å². The zero-order chi connectivity index (χ0) is 17.1. The number of furan rings is 1. The molecule has 1 amide bonds. The van der Waals surface area contributed by atoms with Gasteiger partial charge in [0.2, 0.25) is 0 Å². The topological polar surface area (TPSA) is 84.1 Å². The van der Waals surface area contributed by atoms with Crippen molar-refractivity contribution in [2.45, 2.75) is 0 Å². The molecular weight excluding hydrogens is 332 g/mol. The van der Waals surface area contributed by atoms with Crippen LogP contribution in [-0.2, 0) is 0 Å². The SMILES string of the molecule is COc1cc(/C=N/NC(=O)c2cc3cc(Cl)ccc3o2)ccc1O. The highest BCUT2D eigenvalue weighted by Crippen LogP contribution is 2.25. The molecule has 7 heteroatoms. The van der Waals surface area contributed by atoms with Crippen LogP contribution in [0.3, 0.4) is 0 Å². The summed E-state index contributed by atoms with van der Waals surface area (Å²) in [5.41, 5.74) is 3.60. The summed E-state index contributed by atoms with van der Waals surface area (Å²) in [7, 11) is 1.45. The third-order valence-electron chi connectivity index (χ3n) is 3.29. The summed E-state index contributed by atoms with van der Waals surface area (Å²) in [6, 6.07) is 11.4. The lowest BCUT2D eigenvalue weighted by Gasteiger charge is -2.03. The Hall–Kier alpha value is -2.99. The molecule has 0 atom stereocenters. The van der Waals surface area contributed by atoms with E-state index >= 15 is 0 Å².